The molecule has 1 unspecified atom stereocenters. The van der Waals surface area contributed by atoms with Crippen LogP contribution in [0.1, 0.15) is 37.6 Å². The lowest BCUT2D eigenvalue weighted by Gasteiger charge is -2.34. The number of nitrogens with zero attached hydrogens (tertiary/aromatic N) is 1. The molecule has 19 heavy (non-hydrogen) atoms. The van der Waals surface area contributed by atoms with Gasteiger partial charge in [0.1, 0.15) is 0 Å². The van der Waals surface area contributed by atoms with Crippen molar-refractivity contribution in [1.82, 2.24) is 4.57 Å². The third-order valence-corrected chi connectivity index (χ3v) is 4.18. The molecule has 0 saturated heterocycles. The predicted molar refractivity (Wildman–Crippen MR) is 70.0 cm³/mol. The molecule has 1 aromatic rings. The molecule has 0 radical (unpaired) electrons. The van der Waals surface area contributed by atoms with Gasteiger partial charge in [0.2, 0.25) is 0 Å². The van der Waals surface area contributed by atoms with Crippen LogP contribution in [0.25, 0.3) is 0 Å². The van der Waals surface area contributed by atoms with Crippen LogP contribution in [0.15, 0.2) is 12.3 Å². The molecule has 1 N–H and O–H groups in total. The highest BCUT2D eigenvalue weighted by Gasteiger charge is 2.33. The van der Waals surface area contributed by atoms with Crippen LogP contribution < -0.4 is 0 Å². The zero-order chi connectivity index (χ0) is 14.3. The molecule has 0 bridgehead atoms. The Kier molecular flexibility index (Phi) is 3.93. The molecule has 0 fully saturated rings. The molecule has 6 heteroatoms. The van der Waals surface area contributed by atoms with Gasteiger partial charge in [-0.05, 0) is 36.1 Å². The largest absolute Gasteiger partial charge is 0.441 e. The molecule has 1 aliphatic carbocycles. The van der Waals surface area contributed by atoms with Crippen molar-refractivity contribution in [2.45, 2.75) is 44.8 Å². The van der Waals surface area contributed by atoms with E-state index in [9.17, 15) is 18.3 Å². The lowest BCUT2D eigenvalue weighted by molar-refractivity contribution is -0.0328. The molecule has 1 aliphatic rings. The third-order valence-electron chi connectivity index (χ3n) is 3.46. The molecule has 2 rings (SSSR count). The Morgan fingerprint density at radius 3 is 2.79 bits per heavy atom. The van der Waals surface area contributed by atoms with Crippen LogP contribution in [0.2, 0.25) is 0 Å². The molecule has 0 amide bonds. The molecule has 108 valence electrons. The van der Waals surface area contributed by atoms with Crippen molar-refractivity contribution in [3.63, 3.8) is 0 Å². The number of aryl methyl sites for hydroxylation is 1. The maximum Gasteiger partial charge on any atom is 0.441 e. The fourth-order valence-electron chi connectivity index (χ4n) is 2.66. The van der Waals surface area contributed by atoms with Gasteiger partial charge in [-0.1, -0.05) is 13.8 Å². The number of rotatable bonds is 3. The summed E-state index contributed by atoms with van der Waals surface area (Å²) in [6, 6.07) is 1.83. The molecule has 1 atom stereocenters. The summed E-state index contributed by atoms with van der Waals surface area (Å²) in [5.41, 5.74) is -2.34. The molecule has 0 spiro atoms. The molecule has 1 heterocycles. The molecule has 0 saturated carbocycles. The Bertz CT molecular complexity index is 453. The summed E-state index contributed by atoms with van der Waals surface area (Å²) in [7, 11) is 0. The van der Waals surface area contributed by atoms with E-state index in [0.717, 1.165) is 17.7 Å². The van der Waals surface area contributed by atoms with Crippen LogP contribution in [-0.4, -0.2) is 20.9 Å². The van der Waals surface area contributed by atoms with E-state index < -0.39 is 11.6 Å². The minimum Gasteiger partial charge on any atom is -0.388 e. The monoisotopic (exact) mass is 293 g/mol. The SMILES string of the molecule is CC1(C)Cc2c(ccn2CCSC(F)(F)F)C(O)C1. The number of hydrogen-bond donors (Lipinski definition) is 1. The first kappa shape index (κ1) is 14.8. The second kappa shape index (κ2) is 5.05. The summed E-state index contributed by atoms with van der Waals surface area (Å²) in [5, 5.41) is 10.1. The zero-order valence-corrected chi connectivity index (χ0v) is 11.8. The van der Waals surface area contributed by atoms with E-state index >= 15 is 0 Å². The van der Waals surface area contributed by atoms with Crippen LogP contribution in [0.4, 0.5) is 13.2 Å². The van der Waals surface area contributed by atoms with E-state index in [0.29, 0.717) is 13.0 Å². The van der Waals surface area contributed by atoms with Crippen molar-refractivity contribution in [3.05, 3.63) is 23.5 Å². The Morgan fingerprint density at radius 2 is 2.16 bits per heavy atom. The van der Waals surface area contributed by atoms with Crippen molar-refractivity contribution < 1.29 is 18.3 Å². The summed E-state index contributed by atoms with van der Waals surface area (Å²) < 4.78 is 38.2. The van der Waals surface area contributed by atoms with E-state index in [-0.39, 0.29) is 22.9 Å². The minimum absolute atomic E-state index is 0.000171. The normalized spacial score (nSPS) is 22.3. The van der Waals surface area contributed by atoms with Gasteiger partial charge >= 0.3 is 5.51 Å². The first-order valence-electron chi connectivity index (χ1n) is 6.25. The third kappa shape index (κ3) is 3.69. The summed E-state index contributed by atoms with van der Waals surface area (Å²) in [6.07, 6.45) is 2.77. The number of alkyl halides is 3. The van der Waals surface area contributed by atoms with Gasteiger partial charge in [-0.2, -0.15) is 13.2 Å². The van der Waals surface area contributed by atoms with E-state index in [2.05, 4.69) is 13.8 Å². The number of thioether (sulfide) groups is 1. The van der Waals surface area contributed by atoms with Crippen LogP contribution >= 0.6 is 11.8 Å². The van der Waals surface area contributed by atoms with Gasteiger partial charge in [0.15, 0.2) is 0 Å². The average molecular weight is 293 g/mol. The summed E-state index contributed by atoms with van der Waals surface area (Å²) in [5.74, 6) is 0.00113. The van der Waals surface area contributed by atoms with Crippen LogP contribution in [0.5, 0.6) is 0 Å². The fourth-order valence-corrected chi connectivity index (χ4v) is 3.18. The maximum absolute atomic E-state index is 12.1. The Morgan fingerprint density at radius 1 is 1.47 bits per heavy atom. The van der Waals surface area contributed by atoms with Gasteiger partial charge in [-0.25, -0.2) is 0 Å². The zero-order valence-electron chi connectivity index (χ0n) is 11.0. The summed E-state index contributed by atoms with van der Waals surface area (Å²) in [4.78, 5) is 0. The van der Waals surface area contributed by atoms with Gasteiger partial charge in [0, 0.05) is 29.8 Å². The molecular weight excluding hydrogens is 275 g/mol. The van der Waals surface area contributed by atoms with E-state index in [1.165, 1.54) is 0 Å². The van der Waals surface area contributed by atoms with Crippen LogP contribution in [-0.2, 0) is 13.0 Å². The van der Waals surface area contributed by atoms with Crippen molar-refractivity contribution in [2.75, 3.05) is 5.75 Å². The maximum atomic E-state index is 12.1. The lowest BCUT2D eigenvalue weighted by atomic mass is 9.75. The van der Waals surface area contributed by atoms with E-state index in [1.807, 2.05) is 10.6 Å². The van der Waals surface area contributed by atoms with Gasteiger partial charge in [0.25, 0.3) is 0 Å². The van der Waals surface area contributed by atoms with Gasteiger partial charge in [0.05, 0.1) is 6.10 Å². The second-order valence-electron chi connectivity index (χ2n) is 5.77. The smallest absolute Gasteiger partial charge is 0.388 e. The summed E-state index contributed by atoms with van der Waals surface area (Å²) in [6.45, 7) is 4.46. The molecule has 2 nitrogen and oxygen atoms in total. The topological polar surface area (TPSA) is 25.2 Å². The van der Waals surface area contributed by atoms with Gasteiger partial charge in [-0.3, -0.25) is 0 Å². The number of fused-ring (bicyclic) bond motifs is 1. The van der Waals surface area contributed by atoms with Crippen LogP contribution in [0, 0.1) is 5.41 Å². The van der Waals surface area contributed by atoms with Gasteiger partial charge < -0.3 is 9.67 Å². The van der Waals surface area contributed by atoms with Crippen molar-refractivity contribution in [1.29, 1.82) is 0 Å². The van der Waals surface area contributed by atoms with Crippen molar-refractivity contribution in [2.24, 2.45) is 5.41 Å². The average Bonchev–Trinajstić information content (AvgIpc) is 2.58. The van der Waals surface area contributed by atoms with Crippen LogP contribution in [0.3, 0.4) is 0 Å². The fraction of sp³-hybridized carbons (Fsp3) is 0.692. The molecule has 0 aliphatic heterocycles. The number of aliphatic hydroxyl groups is 1. The van der Waals surface area contributed by atoms with E-state index in [1.54, 1.807) is 6.20 Å². The Labute approximate surface area is 115 Å². The quantitative estimate of drug-likeness (QED) is 0.918. The second-order valence-corrected chi connectivity index (χ2v) is 6.93. The first-order chi connectivity index (χ1) is 8.68. The summed E-state index contributed by atoms with van der Waals surface area (Å²) >= 11 is -0.000171. The number of hydrogen-bond acceptors (Lipinski definition) is 2. The number of aliphatic hydroxyl groups excluding tert-OH is 1. The number of halogens is 3. The predicted octanol–water partition coefficient (Wildman–Crippen LogP) is 3.75. The Balaban J connectivity index is 2.08. The first-order valence-corrected chi connectivity index (χ1v) is 7.23. The molecule has 1 aromatic heterocycles. The Hall–Kier alpha value is -0.620. The van der Waals surface area contributed by atoms with Crippen molar-refractivity contribution in [3.8, 4) is 0 Å². The standard InChI is InChI=1S/C13H18F3NOS/c1-12(2)7-10-9(11(18)8-12)3-4-17(10)5-6-19-13(14,15)16/h3-4,11,18H,5-8H2,1-2H3. The highest BCUT2D eigenvalue weighted by Crippen LogP contribution is 2.41. The van der Waals surface area contributed by atoms with Crippen molar-refractivity contribution >= 4 is 11.8 Å². The highest BCUT2D eigenvalue weighted by molar-refractivity contribution is 8.00. The lowest BCUT2D eigenvalue weighted by Crippen LogP contribution is -2.27. The van der Waals surface area contributed by atoms with E-state index in [4.69, 9.17) is 0 Å². The molecular formula is C13H18F3NOS. The van der Waals surface area contributed by atoms with Gasteiger partial charge in [-0.15, -0.1) is 0 Å². The minimum atomic E-state index is -4.17. The number of aromatic nitrogens is 1. The molecule has 0 aromatic carbocycles. The highest BCUT2D eigenvalue weighted by atomic mass is 32.2.